The lowest BCUT2D eigenvalue weighted by Gasteiger charge is -2.26. The van der Waals surface area contributed by atoms with Gasteiger partial charge in [-0.15, -0.1) is 0 Å². The summed E-state index contributed by atoms with van der Waals surface area (Å²) in [5, 5.41) is 13.7. The lowest BCUT2D eigenvalue weighted by molar-refractivity contribution is 0.317. The maximum Gasteiger partial charge on any atom is 0.0871 e. The molecule has 0 aromatic heterocycles. The molecule has 1 aliphatic carbocycles. The predicted octanol–water partition coefficient (Wildman–Crippen LogP) is 5.10. The third-order valence-corrected chi connectivity index (χ3v) is 4.52. The summed E-state index contributed by atoms with van der Waals surface area (Å²) in [4.78, 5) is 0. The Morgan fingerprint density at radius 2 is 1.85 bits per heavy atom. The Bertz CT molecular complexity index is 682. The lowest BCUT2D eigenvalue weighted by Crippen LogP contribution is -2.17. The van der Waals surface area contributed by atoms with Crippen LogP contribution in [0.15, 0.2) is 47.6 Å². The minimum absolute atomic E-state index is 0.256. The van der Waals surface area contributed by atoms with E-state index in [0.717, 1.165) is 29.7 Å². The molecule has 2 nitrogen and oxygen atoms in total. The first-order valence-electron chi connectivity index (χ1n) is 6.46. The number of oxime groups is 1. The van der Waals surface area contributed by atoms with Gasteiger partial charge < -0.3 is 5.21 Å². The average molecular weight is 306 g/mol. The van der Waals surface area contributed by atoms with Gasteiger partial charge in [0.15, 0.2) is 0 Å². The van der Waals surface area contributed by atoms with Gasteiger partial charge in [0.05, 0.1) is 15.8 Å². The zero-order valence-corrected chi connectivity index (χ0v) is 12.2. The second kappa shape index (κ2) is 5.47. The van der Waals surface area contributed by atoms with Crippen molar-refractivity contribution in [3.05, 3.63) is 69.2 Å². The van der Waals surface area contributed by atoms with E-state index in [1.54, 1.807) is 0 Å². The Morgan fingerprint density at radius 1 is 1.05 bits per heavy atom. The van der Waals surface area contributed by atoms with Gasteiger partial charge in [-0.05, 0) is 36.1 Å². The first kappa shape index (κ1) is 13.5. The van der Waals surface area contributed by atoms with Crippen LogP contribution in [0.3, 0.4) is 0 Å². The standard InChI is InChI=1S/C16H13Cl2NO/c17-14-7-5-10(9-15(14)18)11-6-8-16(19-20)13-4-2-1-3-12(11)13/h1-5,7,9,11,20H,6,8H2/b19-16+/t11-/m1/s1. The zero-order chi connectivity index (χ0) is 14.1. The Kier molecular flexibility index (Phi) is 3.68. The Morgan fingerprint density at radius 3 is 2.60 bits per heavy atom. The van der Waals surface area contributed by atoms with E-state index in [9.17, 15) is 0 Å². The molecule has 4 heteroatoms. The SMILES string of the molecule is O/N=C1\CC[C@H](c2ccc(Cl)c(Cl)c2)c2ccccc21. The van der Waals surface area contributed by atoms with Gasteiger partial charge in [0.25, 0.3) is 0 Å². The van der Waals surface area contributed by atoms with Crippen molar-refractivity contribution >= 4 is 28.9 Å². The van der Waals surface area contributed by atoms with Crippen LogP contribution < -0.4 is 0 Å². The van der Waals surface area contributed by atoms with Crippen LogP contribution in [0.25, 0.3) is 0 Å². The fourth-order valence-electron chi connectivity index (χ4n) is 2.81. The van der Waals surface area contributed by atoms with Gasteiger partial charge in [0, 0.05) is 11.5 Å². The first-order chi connectivity index (χ1) is 9.70. The molecular formula is C16H13Cl2NO. The van der Waals surface area contributed by atoms with Crippen LogP contribution in [0.2, 0.25) is 10.0 Å². The Hall–Kier alpha value is -1.51. The highest BCUT2D eigenvalue weighted by Gasteiger charge is 2.25. The van der Waals surface area contributed by atoms with Gasteiger partial charge in [-0.2, -0.15) is 0 Å². The predicted molar refractivity (Wildman–Crippen MR) is 82.3 cm³/mol. The van der Waals surface area contributed by atoms with Gasteiger partial charge in [-0.3, -0.25) is 0 Å². The van der Waals surface area contributed by atoms with E-state index in [1.165, 1.54) is 5.56 Å². The Balaban J connectivity index is 2.09. The van der Waals surface area contributed by atoms with Crippen molar-refractivity contribution in [3.8, 4) is 0 Å². The van der Waals surface area contributed by atoms with E-state index in [1.807, 2.05) is 36.4 Å². The van der Waals surface area contributed by atoms with E-state index in [4.69, 9.17) is 28.4 Å². The quantitative estimate of drug-likeness (QED) is 0.577. The molecular weight excluding hydrogens is 293 g/mol. The molecule has 0 spiro atoms. The second-order valence-electron chi connectivity index (χ2n) is 4.90. The van der Waals surface area contributed by atoms with Crippen LogP contribution in [0.5, 0.6) is 0 Å². The molecule has 1 N–H and O–H groups in total. The third-order valence-electron chi connectivity index (χ3n) is 3.78. The van der Waals surface area contributed by atoms with E-state index in [-0.39, 0.29) is 5.92 Å². The molecule has 0 heterocycles. The van der Waals surface area contributed by atoms with Crippen molar-refractivity contribution < 1.29 is 5.21 Å². The van der Waals surface area contributed by atoms with Crippen LogP contribution in [0.4, 0.5) is 0 Å². The molecule has 2 aromatic carbocycles. The maximum atomic E-state index is 9.12. The minimum atomic E-state index is 0.256. The van der Waals surface area contributed by atoms with Crippen molar-refractivity contribution in [1.82, 2.24) is 0 Å². The van der Waals surface area contributed by atoms with E-state index >= 15 is 0 Å². The highest BCUT2D eigenvalue weighted by atomic mass is 35.5. The molecule has 0 unspecified atom stereocenters. The monoisotopic (exact) mass is 305 g/mol. The normalized spacial score (nSPS) is 19.9. The van der Waals surface area contributed by atoms with Gasteiger partial charge in [0.1, 0.15) is 0 Å². The number of halogens is 2. The van der Waals surface area contributed by atoms with E-state index in [2.05, 4.69) is 11.2 Å². The summed E-state index contributed by atoms with van der Waals surface area (Å²) in [6, 6.07) is 13.8. The fourth-order valence-corrected chi connectivity index (χ4v) is 3.12. The Labute approximate surface area is 127 Å². The van der Waals surface area contributed by atoms with Crippen molar-refractivity contribution in [2.75, 3.05) is 0 Å². The number of rotatable bonds is 1. The highest BCUT2D eigenvalue weighted by Crippen LogP contribution is 2.38. The average Bonchev–Trinajstić information content (AvgIpc) is 2.49. The molecule has 0 fully saturated rings. The van der Waals surface area contributed by atoms with Gasteiger partial charge in [-0.1, -0.05) is 58.7 Å². The number of hydrogen-bond acceptors (Lipinski definition) is 2. The molecule has 0 aliphatic heterocycles. The van der Waals surface area contributed by atoms with Gasteiger partial charge in [-0.25, -0.2) is 0 Å². The fraction of sp³-hybridized carbons (Fsp3) is 0.188. The molecule has 0 radical (unpaired) electrons. The third kappa shape index (κ3) is 2.30. The molecule has 0 saturated carbocycles. The number of hydrogen-bond donors (Lipinski definition) is 1. The van der Waals surface area contributed by atoms with Crippen molar-refractivity contribution in [3.63, 3.8) is 0 Å². The van der Waals surface area contributed by atoms with Gasteiger partial charge >= 0.3 is 0 Å². The van der Waals surface area contributed by atoms with Crippen LogP contribution in [0.1, 0.15) is 35.4 Å². The molecule has 0 amide bonds. The molecule has 3 rings (SSSR count). The summed E-state index contributed by atoms with van der Waals surface area (Å²) in [5.74, 6) is 0.256. The maximum absolute atomic E-state index is 9.12. The summed E-state index contributed by atoms with van der Waals surface area (Å²) >= 11 is 12.1. The molecule has 2 aromatic rings. The second-order valence-corrected chi connectivity index (χ2v) is 5.71. The first-order valence-corrected chi connectivity index (χ1v) is 7.21. The zero-order valence-electron chi connectivity index (χ0n) is 10.7. The molecule has 102 valence electrons. The van der Waals surface area contributed by atoms with Crippen LogP contribution >= 0.6 is 23.2 Å². The van der Waals surface area contributed by atoms with Crippen LogP contribution in [-0.4, -0.2) is 10.9 Å². The number of benzene rings is 2. The molecule has 1 atom stereocenters. The molecule has 1 aliphatic rings. The largest absolute Gasteiger partial charge is 0.411 e. The van der Waals surface area contributed by atoms with Crippen LogP contribution in [0, 0.1) is 0 Å². The van der Waals surface area contributed by atoms with Gasteiger partial charge in [0.2, 0.25) is 0 Å². The van der Waals surface area contributed by atoms with Crippen molar-refractivity contribution in [2.45, 2.75) is 18.8 Å². The molecule has 20 heavy (non-hydrogen) atoms. The number of nitrogens with zero attached hydrogens (tertiary/aromatic N) is 1. The lowest BCUT2D eigenvalue weighted by atomic mass is 9.78. The summed E-state index contributed by atoms with van der Waals surface area (Å²) in [6.07, 6.45) is 1.65. The van der Waals surface area contributed by atoms with E-state index in [0.29, 0.717) is 10.0 Å². The van der Waals surface area contributed by atoms with Crippen molar-refractivity contribution in [1.29, 1.82) is 0 Å². The molecule has 0 bridgehead atoms. The smallest absolute Gasteiger partial charge is 0.0871 e. The van der Waals surface area contributed by atoms with Crippen molar-refractivity contribution in [2.24, 2.45) is 5.16 Å². The summed E-state index contributed by atoms with van der Waals surface area (Å²) in [6.45, 7) is 0. The number of fused-ring (bicyclic) bond motifs is 1. The van der Waals surface area contributed by atoms with Crippen LogP contribution in [-0.2, 0) is 0 Å². The minimum Gasteiger partial charge on any atom is -0.411 e. The summed E-state index contributed by atoms with van der Waals surface area (Å²) < 4.78 is 0. The summed E-state index contributed by atoms with van der Waals surface area (Å²) in [5.41, 5.74) is 4.07. The topological polar surface area (TPSA) is 32.6 Å². The molecule has 0 saturated heterocycles. The highest BCUT2D eigenvalue weighted by molar-refractivity contribution is 6.42. The summed E-state index contributed by atoms with van der Waals surface area (Å²) in [7, 11) is 0. The van der Waals surface area contributed by atoms with E-state index < -0.39 is 0 Å².